The Morgan fingerprint density at radius 1 is 1.32 bits per heavy atom. The number of nitrogens with one attached hydrogen (secondary N) is 2. The summed E-state index contributed by atoms with van der Waals surface area (Å²) in [7, 11) is 0. The summed E-state index contributed by atoms with van der Waals surface area (Å²) in [4.78, 5) is 24.2. The van der Waals surface area contributed by atoms with E-state index in [4.69, 9.17) is 11.6 Å². The van der Waals surface area contributed by atoms with E-state index in [9.17, 15) is 14.0 Å². The lowest BCUT2D eigenvalue weighted by atomic mass is 10.1. The second-order valence-electron chi connectivity index (χ2n) is 4.62. The standard InChI is InChI=1S/C15H14ClFN2O2S/c1-9(20)18-12(13-6-3-7-22-13)8-14(21)19-11-5-2-4-10(16)15(11)17/h2-7,12H,8H2,1H3,(H,18,20)(H,19,21). The van der Waals surface area contributed by atoms with Crippen molar-refractivity contribution in [1.29, 1.82) is 0 Å². The fourth-order valence-corrected chi connectivity index (χ4v) is 2.90. The average molecular weight is 341 g/mol. The molecule has 2 rings (SSSR count). The smallest absolute Gasteiger partial charge is 0.226 e. The summed E-state index contributed by atoms with van der Waals surface area (Å²) in [5.74, 6) is -1.32. The van der Waals surface area contributed by atoms with Crippen molar-refractivity contribution in [1.82, 2.24) is 5.32 Å². The van der Waals surface area contributed by atoms with Crippen molar-refractivity contribution >= 4 is 40.4 Å². The molecule has 7 heteroatoms. The second kappa shape index (κ2) is 7.38. The van der Waals surface area contributed by atoms with Gasteiger partial charge >= 0.3 is 0 Å². The van der Waals surface area contributed by atoms with Crippen LogP contribution in [0.1, 0.15) is 24.3 Å². The molecule has 1 heterocycles. The van der Waals surface area contributed by atoms with Gasteiger partial charge in [-0.2, -0.15) is 0 Å². The van der Waals surface area contributed by atoms with Crippen molar-refractivity contribution < 1.29 is 14.0 Å². The third kappa shape index (κ3) is 4.29. The zero-order valence-electron chi connectivity index (χ0n) is 11.7. The highest BCUT2D eigenvalue weighted by molar-refractivity contribution is 7.10. The molecule has 0 spiro atoms. The van der Waals surface area contributed by atoms with E-state index in [1.54, 1.807) is 6.07 Å². The fourth-order valence-electron chi connectivity index (χ4n) is 1.94. The Hall–Kier alpha value is -1.92. The molecular formula is C15H14ClFN2O2S. The molecular weight excluding hydrogens is 327 g/mol. The van der Waals surface area contributed by atoms with Gasteiger partial charge in [-0.3, -0.25) is 9.59 Å². The third-order valence-electron chi connectivity index (χ3n) is 2.88. The van der Waals surface area contributed by atoms with Crippen LogP contribution in [0.5, 0.6) is 0 Å². The van der Waals surface area contributed by atoms with E-state index in [0.29, 0.717) is 0 Å². The monoisotopic (exact) mass is 340 g/mol. The number of carbonyl (C=O) groups is 2. The maximum Gasteiger partial charge on any atom is 0.226 e. The van der Waals surface area contributed by atoms with Crippen molar-refractivity contribution in [3.8, 4) is 0 Å². The van der Waals surface area contributed by atoms with Crippen LogP contribution in [0, 0.1) is 5.82 Å². The minimum Gasteiger partial charge on any atom is -0.348 e. The van der Waals surface area contributed by atoms with Gasteiger partial charge < -0.3 is 10.6 Å². The molecule has 2 amide bonds. The number of rotatable bonds is 5. The topological polar surface area (TPSA) is 58.2 Å². The van der Waals surface area contributed by atoms with E-state index < -0.39 is 17.8 Å². The Bertz CT molecular complexity index is 676. The lowest BCUT2D eigenvalue weighted by Crippen LogP contribution is -2.29. The van der Waals surface area contributed by atoms with Gasteiger partial charge in [0, 0.05) is 11.8 Å². The molecule has 1 unspecified atom stereocenters. The molecule has 0 aliphatic heterocycles. The minimum absolute atomic E-state index is 0.00600. The van der Waals surface area contributed by atoms with Gasteiger partial charge in [0.1, 0.15) is 0 Å². The molecule has 0 aliphatic rings. The SMILES string of the molecule is CC(=O)NC(CC(=O)Nc1cccc(Cl)c1F)c1cccs1. The Morgan fingerprint density at radius 2 is 2.09 bits per heavy atom. The van der Waals surface area contributed by atoms with Gasteiger partial charge in [-0.15, -0.1) is 11.3 Å². The molecule has 116 valence electrons. The lowest BCUT2D eigenvalue weighted by Gasteiger charge is -2.16. The molecule has 2 N–H and O–H groups in total. The van der Waals surface area contributed by atoms with Crippen LogP contribution in [0.15, 0.2) is 35.7 Å². The van der Waals surface area contributed by atoms with E-state index in [-0.39, 0.29) is 23.0 Å². The normalized spacial score (nSPS) is 11.8. The highest BCUT2D eigenvalue weighted by Gasteiger charge is 2.19. The first-order valence-corrected chi connectivity index (χ1v) is 7.77. The number of hydrogen-bond donors (Lipinski definition) is 2. The van der Waals surface area contributed by atoms with Gasteiger partial charge in [-0.25, -0.2) is 4.39 Å². The van der Waals surface area contributed by atoms with Crippen molar-refractivity contribution in [2.24, 2.45) is 0 Å². The van der Waals surface area contributed by atoms with Gasteiger partial charge in [-0.1, -0.05) is 23.7 Å². The van der Waals surface area contributed by atoms with E-state index >= 15 is 0 Å². The Balaban J connectivity index is 2.08. The van der Waals surface area contributed by atoms with E-state index in [0.717, 1.165) is 4.88 Å². The van der Waals surface area contributed by atoms with Crippen LogP contribution >= 0.6 is 22.9 Å². The Morgan fingerprint density at radius 3 is 2.73 bits per heavy atom. The number of anilines is 1. The van der Waals surface area contributed by atoms with Gasteiger partial charge in [0.05, 0.1) is 23.2 Å². The molecule has 2 aromatic rings. The molecule has 0 bridgehead atoms. The molecule has 4 nitrogen and oxygen atoms in total. The maximum atomic E-state index is 13.8. The van der Waals surface area contributed by atoms with Crippen LogP contribution in [0.2, 0.25) is 5.02 Å². The highest BCUT2D eigenvalue weighted by atomic mass is 35.5. The molecule has 1 aromatic carbocycles. The van der Waals surface area contributed by atoms with Crippen molar-refractivity contribution in [3.05, 3.63) is 51.4 Å². The van der Waals surface area contributed by atoms with Crippen LogP contribution in [0.4, 0.5) is 10.1 Å². The first-order chi connectivity index (χ1) is 10.5. The molecule has 1 aromatic heterocycles. The second-order valence-corrected chi connectivity index (χ2v) is 6.01. The molecule has 0 saturated carbocycles. The van der Waals surface area contributed by atoms with Crippen molar-refractivity contribution in [2.75, 3.05) is 5.32 Å². The molecule has 0 radical (unpaired) electrons. The summed E-state index contributed by atoms with van der Waals surface area (Å²) in [5, 5.41) is 6.99. The molecule has 22 heavy (non-hydrogen) atoms. The van der Waals surface area contributed by atoms with Crippen LogP contribution in [0.25, 0.3) is 0 Å². The summed E-state index contributed by atoms with van der Waals surface area (Å²) in [6, 6.07) is 7.60. The first kappa shape index (κ1) is 16.5. The third-order valence-corrected chi connectivity index (χ3v) is 4.16. The largest absolute Gasteiger partial charge is 0.348 e. The van der Waals surface area contributed by atoms with Gasteiger partial charge in [0.2, 0.25) is 11.8 Å². The van der Waals surface area contributed by atoms with E-state index in [1.165, 1.54) is 30.4 Å². The number of hydrogen-bond acceptors (Lipinski definition) is 3. The summed E-state index contributed by atoms with van der Waals surface area (Å²) in [6.45, 7) is 1.38. The van der Waals surface area contributed by atoms with Crippen LogP contribution in [-0.4, -0.2) is 11.8 Å². The van der Waals surface area contributed by atoms with Crippen LogP contribution in [-0.2, 0) is 9.59 Å². The van der Waals surface area contributed by atoms with Gasteiger partial charge in [-0.05, 0) is 23.6 Å². The van der Waals surface area contributed by atoms with E-state index in [2.05, 4.69) is 10.6 Å². The predicted molar refractivity (Wildman–Crippen MR) is 85.5 cm³/mol. The molecule has 0 aliphatic carbocycles. The number of carbonyl (C=O) groups excluding carboxylic acids is 2. The van der Waals surface area contributed by atoms with Gasteiger partial charge in [0.15, 0.2) is 5.82 Å². The van der Waals surface area contributed by atoms with E-state index in [1.807, 2.05) is 17.5 Å². The lowest BCUT2D eigenvalue weighted by molar-refractivity contribution is -0.120. The van der Waals surface area contributed by atoms with Crippen molar-refractivity contribution in [3.63, 3.8) is 0 Å². The summed E-state index contributed by atoms with van der Waals surface area (Å²) < 4.78 is 13.8. The number of thiophene rings is 1. The first-order valence-electron chi connectivity index (χ1n) is 6.51. The molecule has 0 saturated heterocycles. The maximum absolute atomic E-state index is 13.8. The molecule has 1 atom stereocenters. The number of amides is 2. The Kier molecular flexibility index (Phi) is 5.51. The Labute approximate surface area is 136 Å². The van der Waals surface area contributed by atoms with Crippen LogP contribution in [0.3, 0.4) is 0 Å². The summed E-state index contributed by atoms with van der Waals surface area (Å²) >= 11 is 7.11. The zero-order valence-corrected chi connectivity index (χ0v) is 13.3. The zero-order chi connectivity index (χ0) is 16.1. The highest BCUT2D eigenvalue weighted by Crippen LogP contribution is 2.25. The number of halogens is 2. The molecule has 0 fully saturated rings. The fraction of sp³-hybridized carbons (Fsp3) is 0.200. The summed E-state index contributed by atoms with van der Waals surface area (Å²) in [5.41, 5.74) is 0.0188. The van der Waals surface area contributed by atoms with Crippen molar-refractivity contribution in [2.45, 2.75) is 19.4 Å². The number of benzene rings is 1. The van der Waals surface area contributed by atoms with Crippen LogP contribution < -0.4 is 10.6 Å². The van der Waals surface area contributed by atoms with Gasteiger partial charge in [0.25, 0.3) is 0 Å². The quantitative estimate of drug-likeness (QED) is 0.871. The average Bonchev–Trinajstić information content (AvgIpc) is 2.97. The minimum atomic E-state index is -0.676. The summed E-state index contributed by atoms with van der Waals surface area (Å²) in [6.07, 6.45) is 0.00600. The predicted octanol–water partition coefficient (Wildman–Crippen LogP) is 3.75.